The van der Waals surface area contributed by atoms with E-state index < -0.39 is 0 Å². The number of morpholine rings is 1. The van der Waals surface area contributed by atoms with Crippen molar-refractivity contribution in [2.75, 3.05) is 13.1 Å². The molecule has 0 saturated carbocycles. The van der Waals surface area contributed by atoms with Gasteiger partial charge in [-0.2, -0.15) is 11.3 Å². The zero-order valence-corrected chi connectivity index (χ0v) is 14.6. The molecule has 2 heterocycles. The number of aromatic hydroxyl groups is 1. The Morgan fingerprint density at radius 3 is 2.96 bits per heavy atom. The zero-order chi connectivity index (χ0) is 17.1. The van der Waals surface area contributed by atoms with E-state index in [-0.39, 0.29) is 30.0 Å². The van der Waals surface area contributed by atoms with Crippen LogP contribution in [0.25, 0.3) is 0 Å². The van der Waals surface area contributed by atoms with Crippen LogP contribution in [0.2, 0.25) is 0 Å². The summed E-state index contributed by atoms with van der Waals surface area (Å²) in [6.45, 7) is 5.00. The summed E-state index contributed by atoms with van der Waals surface area (Å²) in [6.07, 6.45) is -0.0905. The van der Waals surface area contributed by atoms with Gasteiger partial charge in [0.25, 0.3) is 0 Å². The van der Waals surface area contributed by atoms with E-state index >= 15 is 0 Å². The molecule has 0 spiro atoms. The molecule has 0 unspecified atom stereocenters. The van der Waals surface area contributed by atoms with Gasteiger partial charge >= 0.3 is 6.03 Å². The number of rotatable bonds is 3. The second kappa shape index (κ2) is 7.23. The standard InChI is InChI=1S/C18H22N2O3S/c1-12-9-20(10-17(23-12)15-6-7-24-11-15)18(22)19-13(2)14-4-3-5-16(21)8-14/h3-8,11-13,17,21H,9-10H2,1-2H3,(H,19,22)/t12-,13-,17-/m0/s1. The molecular formula is C18H22N2O3S. The smallest absolute Gasteiger partial charge is 0.318 e. The third-order valence-electron chi connectivity index (χ3n) is 4.17. The van der Waals surface area contributed by atoms with Gasteiger partial charge in [0, 0.05) is 6.54 Å². The molecule has 1 aromatic carbocycles. The third kappa shape index (κ3) is 3.88. The molecule has 0 aliphatic carbocycles. The first-order valence-corrected chi connectivity index (χ1v) is 8.99. The Kier molecular flexibility index (Phi) is 5.06. The summed E-state index contributed by atoms with van der Waals surface area (Å²) in [6, 6.07) is 8.70. The van der Waals surface area contributed by atoms with E-state index in [0.717, 1.165) is 11.1 Å². The number of carbonyl (C=O) groups excluding carboxylic acids is 1. The lowest BCUT2D eigenvalue weighted by molar-refractivity contribution is -0.0657. The Morgan fingerprint density at radius 1 is 1.42 bits per heavy atom. The molecule has 0 bridgehead atoms. The summed E-state index contributed by atoms with van der Waals surface area (Å²) in [5.41, 5.74) is 1.99. The van der Waals surface area contributed by atoms with Crippen molar-refractivity contribution >= 4 is 17.4 Å². The van der Waals surface area contributed by atoms with Crippen molar-refractivity contribution in [2.24, 2.45) is 0 Å². The van der Waals surface area contributed by atoms with Gasteiger partial charge in [0.2, 0.25) is 0 Å². The first kappa shape index (κ1) is 16.8. The largest absolute Gasteiger partial charge is 0.508 e. The van der Waals surface area contributed by atoms with E-state index in [1.807, 2.05) is 31.4 Å². The number of hydrogen-bond donors (Lipinski definition) is 2. The molecule has 2 N–H and O–H groups in total. The molecule has 6 heteroatoms. The summed E-state index contributed by atoms with van der Waals surface area (Å²) < 4.78 is 5.97. The minimum Gasteiger partial charge on any atom is -0.508 e. The van der Waals surface area contributed by atoms with Crippen molar-refractivity contribution in [3.63, 3.8) is 0 Å². The molecule has 1 saturated heterocycles. The average molecular weight is 346 g/mol. The number of nitrogens with one attached hydrogen (secondary N) is 1. The van der Waals surface area contributed by atoms with Gasteiger partial charge in [-0.3, -0.25) is 0 Å². The number of phenolic OH excluding ortho intramolecular Hbond substituents is 1. The van der Waals surface area contributed by atoms with Crippen molar-refractivity contribution in [2.45, 2.75) is 32.1 Å². The Morgan fingerprint density at radius 2 is 2.25 bits per heavy atom. The van der Waals surface area contributed by atoms with E-state index in [1.165, 1.54) is 0 Å². The maximum absolute atomic E-state index is 12.6. The lowest BCUT2D eigenvalue weighted by Gasteiger charge is -2.37. The molecule has 24 heavy (non-hydrogen) atoms. The Balaban J connectivity index is 1.65. The van der Waals surface area contributed by atoms with E-state index in [0.29, 0.717) is 13.1 Å². The second-order valence-corrected chi connectivity index (χ2v) is 6.94. The first-order chi connectivity index (χ1) is 11.5. The van der Waals surface area contributed by atoms with E-state index in [2.05, 4.69) is 10.7 Å². The highest BCUT2D eigenvalue weighted by Crippen LogP contribution is 2.27. The van der Waals surface area contributed by atoms with Crippen LogP contribution in [0.5, 0.6) is 5.75 Å². The molecule has 128 valence electrons. The molecule has 1 fully saturated rings. The predicted molar refractivity (Wildman–Crippen MR) is 94.2 cm³/mol. The Hall–Kier alpha value is -2.05. The molecule has 3 rings (SSSR count). The Labute approximate surface area is 145 Å². The summed E-state index contributed by atoms with van der Waals surface area (Å²) in [5.74, 6) is 0.200. The number of phenols is 1. The molecule has 2 amide bonds. The lowest BCUT2D eigenvalue weighted by atomic mass is 10.1. The van der Waals surface area contributed by atoms with Gasteiger partial charge in [0.05, 0.1) is 18.7 Å². The van der Waals surface area contributed by atoms with Crippen LogP contribution in [0, 0.1) is 0 Å². The average Bonchev–Trinajstić information content (AvgIpc) is 3.08. The molecule has 2 aromatic rings. The fraction of sp³-hybridized carbons (Fsp3) is 0.389. The van der Waals surface area contributed by atoms with Gasteiger partial charge in [-0.15, -0.1) is 0 Å². The number of benzene rings is 1. The number of urea groups is 1. The summed E-state index contributed by atoms with van der Waals surface area (Å²) in [7, 11) is 0. The van der Waals surface area contributed by atoms with Crippen LogP contribution in [0.1, 0.15) is 37.1 Å². The number of amides is 2. The number of carbonyl (C=O) groups is 1. The fourth-order valence-electron chi connectivity index (χ4n) is 2.91. The minimum atomic E-state index is -0.178. The Bertz CT molecular complexity index is 689. The van der Waals surface area contributed by atoms with Crippen molar-refractivity contribution < 1.29 is 14.6 Å². The van der Waals surface area contributed by atoms with E-state index in [4.69, 9.17) is 4.74 Å². The highest BCUT2D eigenvalue weighted by atomic mass is 32.1. The number of thiophene rings is 1. The molecule has 5 nitrogen and oxygen atoms in total. The molecule has 0 radical (unpaired) electrons. The number of hydrogen-bond acceptors (Lipinski definition) is 4. The van der Waals surface area contributed by atoms with Gasteiger partial charge in [-0.1, -0.05) is 12.1 Å². The van der Waals surface area contributed by atoms with E-state index in [1.54, 1.807) is 34.4 Å². The SMILES string of the molecule is C[C@H](NC(=O)N1C[C@@H](c2ccsc2)O[C@@H](C)C1)c1cccc(O)c1. The van der Waals surface area contributed by atoms with Gasteiger partial charge in [-0.05, 0) is 53.9 Å². The quantitative estimate of drug-likeness (QED) is 0.891. The first-order valence-electron chi connectivity index (χ1n) is 8.05. The highest BCUT2D eigenvalue weighted by Gasteiger charge is 2.30. The summed E-state index contributed by atoms with van der Waals surface area (Å²) in [5, 5.41) is 16.7. The van der Waals surface area contributed by atoms with Crippen molar-refractivity contribution in [1.29, 1.82) is 0 Å². The lowest BCUT2D eigenvalue weighted by Crippen LogP contribution is -2.50. The molecule has 1 aliphatic heterocycles. The maximum atomic E-state index is 12.6. The van der Waals surface area contributed by atoms with Gasteiger partial charge < -0.3 is 20.1 Å². The summed E-state index contributed by atoms with van der Waals surface area (Å²) >= 11 is 1.63. The molecular weight excluding hydrogens is 324 g/mol. The van der Waals surface area contributed by atoms with Crippen LogP contribution in [0.4, 0.5) is 4.79 Å². The van der Waals surface area contributed by atoms with Crippen molar-refractivity contribution in [3.05, 3.63) is 52.2 Å². The van der Waals surface area contributed by atoms with Crippen LogP contribution in [-0.2, 0) is 4.74 Å². The van der Waals surface area contributed by atoms with Crippen molar-refractivity contribution in [1.82, 2.24) is 10.2 Å². The normalized spacial score (nSPS) is 22.2. The zero-order valence-electron chi connectivity index (χ0n) is 13.8. The van der Waals surface area contributed by atoms with Crippen LogP contribution in [0.3, 0.4) is 0 Å². The van der Waals surface area contributed by atoms with Crippen LogP contribution < -0.4 is 5.32 Å². The van der Waals surface area contributed by atoms with E-state index in [9.17, 15) is 9.90 Å². The topological polar surface area (TPSA) is 61.8 Å². The molecule has 1 aliphatic rings. The number of nitrogens with zero attached hydrogens (tertiary/aromatic N) is 1. The third-order valence-corrected chi connectivity index (χ3v) is 4.87. The summed E-state index contributed by atoms with van der Waals surface area (Å²) in [4.78, 5) is 14.4. The maximum Gasteiger partial charge on any atom is 0.318 e. The van der Waals surface area contributed by atoms with Gasteiger partial charge in [0.1, 0.15) is 11.9 Å². The minimum absolute atomic E-state index is 0.00882. The molecule has 1 aromatic heterocycles. The van der Waals surface area contributed by atoms with Gasteiger partial charge in [0.15, 0.2) is 0 Å². The number of ether oxygens (including phenoxy) is 1. The second-order valence-electron chi connectivity index (χ2n) is 6.16. The predicted octanol–water partition coefficient (Wildman–Crippen LogP) is 3.69. The van der Waals surface area contributed by atoms with Crippen LogP contribution in [0.15, 0.2) is 41.1 Å². The van der Waals surface area contributed by atoms with Gasteiger partial charge in [-0.25, -0.2) is 4.79 Å². The highest BCUT2D eigenvalue weighted by molar-refractivity contribution is 7.07. The van der Waals surface area contributed by atoms with Crippen molar-refractivity contribution in [3.8, 4) is 5.75 Å². The fourth-order valence-corrected chi connectivity index (χ4v) is 3.62. The monoisotopic (exact) mass is 346 g/mol. The van der Waals surface area contributed by atoms with Crippen LogP contribution in [-0.4, -0.2) is 35.2 Å². The molecule has 3 atom stereocenters. The van der Waals surface area contributed by atoms with Crippen LogP contribution >= 0.6 is 11.3 Å².